The van der Waals surface area contributed by atoms with Crippen molar-refractivity contribution in [1.29, 1.82) is 0 Å². The van der Waals surface area contributed by atoms with E-state index < -0.39 is 5.97 Å². The van der Waals surface area contributed by atoms with Gasteiger partial charge in [0.1, 0.15) is 5.69 Å². The fraction of sp³-hybridized carbons (Fsp3) is 0.353. The summed E-state index contributed by atoms with van der Waals surface area (Å²) < 4.78 is 0. The molecule has 7 heteroatoms. The van der Waals surface area contributed by atoms with Gasteiger partial charge in [-0.3, -0.25) is 9.78 Å². The van der Waals surface area contributed by atoms with E-state index in [1.807, 2.05) is 12.3 Å². The van der Waals surface area contributed by atoms with E-state index >= 15 is 0 Å². The quantitative estimate of drug-likeness (QED) is 0.918. The third-order valence-corrected chi connectivity index (χ3v) is 4.24. The Kier molecular flexibility index (Phi) is 4.79. The first-order chi connectivity index (χ1) is 11.6. The number of pyridine rings is 1. The van der Waals surface area contributed by atoms with Crippen LogP contribution in [0.4, 0.5) is 0 Å². The second kappa shape index (κ2) is 7.16. The molecule has 0 radical (unpaired) electrons. The lowest BCUT2D eigenvalue weighted by atomic mass is 9.90. The number of aromatic nitrogens is 3. The van der Waals surface area contributed by atoms with E-state index in [1.54, 1.807) is 11.1 Å². The highest BCUT2D eigenvalue weighted by atomic mass is 16.4. The monoisotopic (exact) mass is 326 g/mol. The van der Waals surface area contributed by atoms with Gasteiger partial charge >= 0.3 is 5.97 Å². The van der Waals surface area contributed by atoms with Crippen LogP contribution in [0.25, 0.3) is 0 Å². The topological polar surface area (TPSA) is 96.3 Å². The molecule has 1 aliphatic rings. The van der Waals surface area contributed by atoms with Crippen LogP contribution < -0.4 is 0 Å². The Morgan fingerprint density at radius 1 is 1.12 bits per heavy atom. The molecule has 0 saturated carbocycles. The third kappa shape index (κ3) is 3.73. The molecule has 1 amide bonds. The standard InChI is InChI=1S/C17H18N4O3/c22-16(14-10-20-15(11-19-14)17(23)24)21-6-3-12(4-7-21)8-13-2-1-5-18-9-13/h1-2,5,9-12H,3-4,6-8H2,(H,23,24). The maximum Gasteiger partial charge on any atom is 0.356 e. The highest BCUT2D eigenvalue weighted by Crippen LogP contribution is 2.22. The van der Waals surface area contributed by atoms with Gasteiger partial charge in [0.2, 0.25) is 0 Å². The minimum absolute atomic E-state index is 0.165. The Hall–Kier alpha value is -2.83. The highest BCUT2D eigenvalue weighted by molar-refractivity contribution is 5.92. The van der Waals surface area contributed by atoms with Crippen molar-refractivity contribution in [3.63, 3.8) is 0 Å². The minimum atomic E-state index is -1.15. The average molecular weight is 326 g/mol. The number of nitrogens with zero attached hydrogens (tertiary/aromatic N) is 4. The van der Waals surface area contributed by atoms with Gasteiger partial charge in [-0.1, -0.05) is 6.07 Å². The van der Waals surface area contributed by atoms with Crippen LogP contribution in [0.3, 0.4) is 0 Å². The van der Waals surface area contributed by atoms with E-state index in [1.165, 1.54) is 11.8 Å². The number of rotatable bonds is 4. The number of amides is 1. The molecule has 0 spiro atoms. The van der Waals surface area contributed by atoms with Gasteiger partial charge in [0.05, 0.1) is 12.4 Å². The molecule has 7 nitrogen and oxygen atoms in total. The van der Waals surface area contributed by atoms with Crippen molar-refractivity contribution >= 4 is 11.9 Å². The largest absolute Gasteiger partial charge is 0.476 e. The van der Waals surface area contributed by atoms with E-state index in [9.17, 15) is 9.59 Å². The van der Waals surface area contributed by atoms with E-state index in [0.29, 0.717) is 19.0 Å². The van der Waals surface area contributed by atoms with E-state index in [-0.39, 0.29) is 17.3 Å². The number of carbonyl (C=O) groups excluding carboxylic acids is 1. The van der Waals surface area contributed by atoms with Crippen molar-refractivity contribution in [2.75, 3.05) is 13.1 Å². The van der Waals surface area contributed by atoms with Gasteiger partial charge in [-0.2, -0.15) is 0 Å². The molecule has 1 saturated heterocycles. The molecular formula is C17H18N4O3. The molecule has 0 atom stereocenters. The number of carboxylic acids is 1. The summed E-state index contributed by atoms with van der Waals surface area (Å²) in [6, 6.07) is 4.01. The molecule has 1 fully saturated rings. The van der Waals surface area contributed by atoms with Crippen molar-refractivity contribution in [3.8, 4) is 0 Å². The number of piperidine rings is 1. The SMILES string of the molecule is O=C(O)c1cnc(C(=O)N2CCC(Cc3cccnc3)CC2)cn1. The van der Waals surface area contributed by atoms with Crippen LogP contribution in [-0.4, -0.2) is 49.9 Å². The number of carboxylic acid groups (broad SMARTS) is 1. The Balaban J connectivity index is 1.56. The van der Waals surface area contributed by atoms with Crippen molar-refractivity contribution in [2.24, 2.45) is 5.92 Å². The predicted octanol–water partition coefficient (Wildman–Crippen LogP) is 1.66. The van der Waals surface area contributed by atoms with Crippen LogP contribution in [-0.2, 0) is 6.42 Å². The molecule has 2 aromatic heterocycles. The second-order valence-corrected chi connectivity index (χ2v) is 5.89. The maximum atomic E-state index is 12.4. The van der Waals surface area contributed by atoms with Crippen LogP contribution in [0.5, 0.6) is 0 Å². The lowest BCUT2D eigenvalue weighted by molar-refractivity contribution is 0.0669. The normalized spacial score (nSPS) is 15.2. The van der Waals surface area contributed by atoms with E-state index in [2.05, 4.69) is 21.0 Å². The molecule has 0 aromatic carbocycles. The van der Waals surface area contributed by atoms with Crippen LogP contribution in [0.2, 0.25) is 0 Å². The Labute approximate surface area is 139 Å². The van der Waals surface area contributed by atoms with Crippen LogP contribution in [0, 0.1) is 5.92 Å². The second-order valence-electron chi connectivity index (χ2n) is 5.89. The molecule has 3 rings (SSSR count). The minimum Gasteiger partial charge on any atom is -0.476 e. The zero-order chi connectivity index (χ0) is 16.9. The first-order valence-electron chi connectivity index (χ1n) is 7.87. The summed E-state index contributed by atoms with van der Waals surface area (Å²) in [7, 11) is 0. The first-order valence-corrected chi connectivity index (χ1v) is 7.87. The van der Waals surface area contributed by atoms with Gasteiger partial charge in [0.15, 0.2) is 5.69 Å². The molecule has 2 aromatic rings. The number of hydrogen-bond acceptors (Lipinski definition) is 5. The van der Waals surface area contributed by atoms with Crippen LogP contribution in [0.1, 0.15) is 39.4 Å². The summed E-state index contributed by atoms with van der Waals surface area (Å²) in [6.07, 6.45) is 8.84. The fourth-order valence-electron chi connectivity index (χ4n) is 2.90. The zero-order valence-electron chi connectivity index (χ0n) is 13.1. The number of hydrogen-bond donors (Lipinski definition) is 1. The van der Waals surface area contributed by atoms with Crippen molar-refractivity contribution in [2.45, 2.75) is 19.3 Å². The Morgan fingerprint density at radius 3 is 2.42 bits per heavy atom. The highest BCUT2D eigenvalue weighted by Gasteiger charge is 2.25. The number of likely N-dealkylation sites (tertiary alicyclic amines) is 1. The summed E-state index contributed by atoms with van der Waals surface area (Å²) in [4.78, 5) is 36.7. The van der Waals surface area contributed by atoms with Crippen molar-refractivity contribution < 1.29 is 14.7 Å². The van der Waals surface area contributed by atoms with E-state index in [0.717, 1.165) is 25.5 Å². The molecular weight excluding hydrogens is 308 g/mol. The molecule has 0 unspecified atom stereocenters. The average Bonchev–Trinajstić information content (AvgIpc) is 2.63. The van der Waals surface area contributed by atoms with Gasteiger partial charge in [0, 0.05) is 25.5 Å². The first kappa shape index (κ1) is 16.0. The molecule has 1 N–H and O–H groups in total. The van der Waals surface area contributed by atoms with E-state index in [4.69, 9.17) is 5.11 Å². The van der Waals surface area contributed by atoms with Gasteiger partial charge in [-0.15, -0.1) is 0 Å². The Morgan fingerprint density at radius 2 is 1.83 bits per heavy atom. The predicted molar refractivity (Wildman–Crippen MR) is 85.6 cm³/mol. The molecule has 3 heterocycles. The smallest absolute Gasteiger partial charge is 0.356 e. The zero-order valence-corrected chi connectivity index (χ0v) is 13.1. The summed E-state index contributed by atoms with van der Waals surface area (Å²) in [5.74, 6) is -0.810. The van der Waals surface area contributed by atoms with Crippen molar-refractivity contribution in [1.82, 2.24) is 19.9 Å². The van der Waals surface area contributed by atoms with Gasteiger partial charge < -0.3 is 10.0 Å². The molecule has 0 bridgehead atoms. The summed E-state index contributed by atoms with van der Waals surface area (Å²) in [5, 5.41) is 8.81. The maximum absolute atomic E-state index is 12.4. The summed E-state index contributed by atoms with van der Waals surface area (Å²) >= 11 is 0. The molecule has 0 aliphatic carbocycles. The van der Waals surface area contributed by atoms with Crippen molar-refractivity contribution in [3.05, 3.63) is 53.9 Å². The van der Waals surface area contributed by atoms with Crippen LogP contribution >= 0.6 is 0 Å². The molecule has 124 valence electrons. The van der Waals surface area contributed by atoms with Gasteiger partial charge in [0.25, 0.3) is 5.91 Å². The number of carbonyl (C=O) groups is 2. The van der Waals surface area contributed by atoms with Gasteiger partial charge in [-0.05, 0) is 36.8 Å². The summed E-state index contributed by atoms with van der Waals surface area (Å²) in [6.45, 7) is 1.35. The number of aromatic carboxylic acids is 1. The third-order valence-electron chi connectivity index (χ3n) is 4.24. The lowest BCUT2D eigenvalue weighted by Crippen LogP contribution is -2.39. The fourth-order valence-corrected chi connectivity index (χ4v) is 2.90. The molecule has 1 aliphatic heterocycles. The lowest BCUT2D eigenvalue weighted by Gasteiger charge is -2.31. The summed E-state index contributed by atoms with van der Waals surface area (Å²) in [5.41, 5.74) is 1.24. The Bertz CT molecular complexity index is 710. The van der Waals surface area contributed by atoms with Crippen LogP contribution in [0.15, 0.2) is 36.9 Å². The molecule has 24 heavy (non-hydrogen) atoms. The van der Waals surface area contributed by atoms with Gasteiger partial charge in [-0.25, -0.2) is 14.8 Å².